The molecule has 20 heavy (non-hydrogen) atoms. The lowest BCUT2D eigenvalue weighted by molar-refractivity contribution is -0.121. The summed E-state index contributed by atoms with van der Waals surface area (Å²) in [5, 5.41) is 2.85. The van der Waals surface area contributed by atoms with Gasteiger partial charge in [-0.05, 0) is 18.6 Å². The fourth-order valence-electron chi connectivity index (χ4n) is 2.29. The topological polar surface area (TPSA) is 46.9 Å². The highest BCUT2D eigenvalue weighted by atomic mass is 32.1. The molecule has 0 aliphatic carbocycles. The van der Waals surface area contributed by atoms with Crippen molar-refractivity contribution < 1.29 is 4.79 Å². The number of aromatic nitrogens is 2. The van der Waals surface area contributed by atoms with Crippen molar-refractivity contribution in [3.05, 3.63) is 30.1 Å². The number of nitrogens with zero attached hydrogens (tertiary/aromatic N) is 2. The molecule has 0 unspecified atom stereocenters. The van der Waals surface area contributed by atoms with Crippen LogP contribution in [0, 0.1) is 0 Å². The predicted molar refractivity (Wildman–Crippen MR) is 85.2 cm³/mol. The van der Waals surface area contributed by atoms with Crippen LogP contribution < -0.4 is 5.32 Å². The molecule has 4 nitrogen and oxygen atoms in total. The van der Waals surface area contributed by atoms with Gasteiger partial charge in [0.25, 0.3) is 0 Å². The lowest BCUT2D eigenvalue weighted by Gasteiger charge is -2.09. The van der Waals surface area contributed by atoms with E-state index in [1.54, 1.807) is 0 Å². The van der Waals surface area contributed by atoms with Crippen molar-refractivity contribution >= 4 is 29.6 Å². The Morgan fingerprint density at radius 2 is 2.20 bits per heavy atom. The van der Waals surface area contributed by atoms with Crippen molar-refractivity contribution in [3.63, 3.8) is 0 Å². The van der Waals surface area contributed by atoms with Crippen molar-refractivity contribution in [1.82, 2.24) is 14.9 Å². The highest BCUT2D eigenvalue weighted by Crippen LogP contribution is 2.17. The molecule has 5 heteroatoms. The standard InChI is InChI=1S/C15H21N3OS/c1-2-5-14-17-12-6-3-4-7-13(12)18(14)10-8-15(19)16-9-11-20/h3-4,6-7,20H,2,5,8-11H2,1H3,(H,16,19). The first-order valence-corrected chi connectivity index (χ1v) is 7.71. The first-order valence-electron chi connectivity index (χ1n) is 7.08. The van der Waals surface area contributed by atoms with Gasteiger partial charge in [-0.15, -0.1) is 0 Å². The van der Waals surface area contributed by atoms with Crippen LogP contribution in [0.25, 0.3) is 11.0 Å². The third kappa shape index (κ3) is 3.54. The van der Waals surface area contributed by atoms with Crippen LogP contribution in [0.1, 0.15) is 25.6 Å². The van der Waals surface area contributed by atoms with Gasteiger partial charge in [-0.1, -0.05) is 19.1 Å². The number of nitrogens with one attached hydrogen (secondary N) is 1. The monoisotopic (exact) mass is 291 g/mol. The van der Waals surface area contributed by atoms with Gasteiger partial charge in [-0.2, -0.15) is 12.6 Å². The first-order chi connectivity index (χ1) is 9.76. The SMILES string of the molecule is CCCc1nc2ccccc2n1CCC(=O)NCCS. The van der Waals surface area contributed by atoms with E-state index in [9.17, 15) is 4.79 Å². The van der Waals surface area contributed by atoms with Crippen molar-refractivity contribution in [2.24, 2.45) is 0 Å². The van der Waals surface area contributed by atoms with Crippen LogP contribution in [-0.2, 0) is 17.8 Å². The maximum Gasteiger partial charge on any atom is 0.221 e. The zero-order valence-electron chi connectivity index (χ0n) is 11.8. The van der Waals surface area contributed by atoms with Gasteiger partial charge in [-0.25, -0.2) is 4.98 Å². The van der Waals surface area contributed by atoms with E-state index in [2.05, 4.69) is 40.5 Å². The molecule has 1 N–H and O–H groups in total. The van der Waals surface area contributed by atoms with Crippen LogP contribution in [0.15, 0.2) is 24.3 Å². The normalized spacial score (nSPS) is 10.9. The maximum absolute atomic E-state index is 11.7. The summed E-state index contributed by atoms with van der Waals surface area (Å²) in [6.07, 6.45) is 2.47. The van der Waals surface area contributed by atoms with Crippen LogP contribution in [0.2, 0.25) is 0 Å². The van der Waals surface area contributed by atoms with E-state index in [0.717, 1.165) is 29.7 Å². The molecule has 2 rings (SSSR count). The number of amides is 1. The van der Waals surface area contributed by atoms with Gasteiger partial charge >= 0.3 is 0 Å². The van der Waals surface area contributed by atoms with Gasteiger partial charge in [0, 0.05) is 31.7 Å². The van der Waals surface area contributed by atoms with Gasteiger partial charge in [0.1, 0.15) is 5.82 Å². The molecule has 1 aromatic carbocycles. The second-order valence-corrected chi connectivity index (χ2v) is 5.19. The van der Waals surface area contributed by atoms with Crippen molar-refractivity contribution in [2.45, 2.75) is 32.7 Å². The average Bonchev–Trinajstić information content (AvgIpc) is 2.81. The molecular weight excluding hydrogens is 270 g/mol. The first kappa shape index (κ1) is 14.9. The number of rotatable bonds is 7. The molecule has 0 saturated heterocycles. The molecule has 0 radical (unpaired) electrons. The second kappa shape index (κ2) is 7.33. The molecule has 0 bridgehead atoms. The Labute approximate surface area is 125 Å². The summed E-state index contributed by atoms with van der Waals surface area (Å²) in [5.74, 6) is 1.80. The van der Waals surface area contributed by atoms with Gasteiger partial charge in [0.2, 0.25) is 5.91 Å². The van der Waals surface area contributed by atoms with E-state index < -0.39 is 0 Å². The van der Waals surface area contributed by atoms with Gasteiger partial charge in [-0.3, -0.25) is 4.79 Å². The Morgan fingerprint density at radius 3 is 2.95 bits per heavy atom. The number of fused-ring (bicyclic) bond motifs is 1. The highest BCUT2D eigenvalue weighted by molar-refractivity contribution is 7.80. The fraction of sp³-hybridized carbons (Fsp3) is 0.467. The molecule has 0 atom stereocenters. The number of hydrogen-bond acceptors (Lipinski definition) is 3. The third-order valence-electron chi connectivity index (χ3n) is 3.20. The summed E-state index contributed by atoms with van der Waals surface area (Å²) in [7, 11) is 0. The van der Waals surface area contributed by atoms with E-state index in [0.29, 0.717) is 25.3 Å². The number of carbonyl (C=O) groups excluding carboxylic acids is 1. The molecule has 1 aromatic heterocycles. The molecule has 108 valence electrons. The number of imidazole rings is 1. The zero-order chi connectivity index (χ0) is 14.4. The van der Waals surface area contributed by atoms with Crippen LogP contribution in [0.4, 0.5) is 0 Å². The Bertz CT molecular complexity index is 580. The van der Waals surface area contributed by atoms with E-state index >= 15 is 0 Å². The Kier molecular flexibility index (Phi) is 5.47. The third-order valence-corrected chi connectivity index (χ3v) is 3.43. The quantitative estimate of drug-likeness (QED) is 0.770. The molecule has 0 fully saturated rings. The molecular formula is C15H21N3OS. The minimum Gasteiger partial charge on any atom is -0.355 e. The van der Waals surface area contributed by atoms with Crippen LogP contribution in [0.5, 0.6) is 0 Å². The highest BCUT2D eigenvalue weighted by Gasteiger charge is 2.10. The second-order valence-electron chi connectivity index (χ2n) is 4.74. The van der Waals surface area contributed by atoms with E-state index in [1.807, 2.05) is 18.2 Å². The lowest BCUT2D eigenvalue weighted by atomic mass is 10.3. The lowest BCUT2D eigenvalue weighted by Crippen LogP contribution is -2.26. The van der Waals surface area contributed by atoms with Crippen molar-refractivity contribution in [3.8, 4) is 0 Å². The Hall–Kier alpha value is -1.49. The summed E-state index contributed by atoms with van der Waals surface area (Å²) < 4.78 is 2.17. The molecule has 0 aliphatic rings. The number of thiol groups is 1. The van der Waals surface area contributed by atoms with Crippen molar-refractivity contribution in [1.29, 1.82) is 0 Å². The number of benzene rings is 1. The number of aryl methyl sites for hydroxylation is 2. The van der Waals surface area contributed by atoms with Crippen LogP contribution in [-0.4, -0.2) is 27.8 Å². The summed E-state index contributed by atoms with van der Waals surface area (Å²) in [6.45, 7) is 3.44. The van der Waals surface area contributed by atoms with Crippen LogP contribution in [0.3, 0.4) is 0 Å². The zero-order valence-corrected chi connectivity index (χ0v) is 12.7. The largest absolute Gasteiger partial charge is 0.355 e. The molecule has 1 amide bonds. The Balaban J connectivity index is 2.14. The van der Waals surface area contributed by atoms with Crippen molar-refractivity contribution in [2.75, 3.05) is 12.3 Å². The van der Waals surface area contributed by atoms with E-state index in [-0.39, 0.29) is 5.91 Å². The maximum atomic E-state index is 11.7. The number of hydrogen-bond donors (Lipinski definition) is 2. The summed E-state index contributed by atoms with van der Waals surface area (Å²) >= 11 is 4.09. The van der Waals surface area contributed by atoms with Crippen LogP contribution >= 0.6 is 12.6 Å². The van der Waals surface area contributed by atoms with E-state index in [1.165, 1.54) is 0 Å². The summed E-state index contributed by atoms with van der Waals surface area (Å²) in [5.41, 5.74) is 2.12. The molecule has 0 aliphatic heterocycles. The van der Waals surface area contributed by atoms with Gasteiger partial charge in [0.05, 0.1) is 11.0 Å². The summed E-state index contributed by atoms with van der Waals surface area (Å²) in [4.78, 5) is 16.4. The molecule has 1 heterocycles. The molecule has 0 spiro atoms. The van der Waals surface area contributed by atoms with Gasteiger partial charge < -0.3 is 9.88 Å². The predicted octanol–water partition coefficient (Wildman–Crippen LogP) is 2.42. The fourth-order valence-corrected chi connectivity index (χ4v) is 2.40. The molecule has 0 saturated carbocycles. The Morgan fingerprint density at radius 1 is 1.40 bits per heavy atom. The summed E-state index contributed by atoms with van der Waals surface area (Å²) in [6, 6.07) is 8.09. The smallest absolute Gasteiger partial charge is 0.221 e. The van der Waals surface area contributed by atoms with E-state index in [4.69, 9.17) is 0 Å². The average molecular weight is 291 g/mol. The number of para-hydroxylation sites is 2. The number of carbonyl (C=O) groups is 1. The molecule has 2 aromatic rings. The van der Waals surface area contributed by atoms with Gasteiger partial charge in [0.15, 0.2) is 0 Å². The minimum atomic E-state index is 0.0688. The minimum absolute atomic E-state index is 0.0688.